The molecule has 0 saturated heterocycles. The maximum atomic E-state index is 12.0. The lowest BCUT2D eigenvalue weighted by Crippen LogP contribution is -2.27. The average Bonchev–Trinajstić information content (AvgIpc) is 2.27. The zero-order chi connectivity index (χ0) is 14.4. The number of carboxylic acid groups (broad SMARTS) is 1. The highest BCUT2D eigenvalue weighted by Crippen LogP contribution is 2.21. The van der Waals surface area contributed by atoms with Crippen molar-refractivity contribution in [3.05, 3.63) is 29.8 Å². The first-order chi connectivity index (χ1) is 8.88. The fraction of sp³-hybridized carbons (Fsp3) is 0.333. The van der Waals surface area contributed by atoms with E-state index in [2.05, 4.69) is 10.1 Å². The predicted octanol–water partition coefficient (Wildman–Crippen LogP) is 1.94. The van der Waals surface area contributed by atoms with Gasteiger partial charge in [0.1, 0.15) is 5.75 Å². The van der Waals surface area contributed by atoms with Crippen LogP contribution in [0.25, 0.3) is 0 Å². The highest BCUT2D eigenvalue weighted by atomic mass is 19.3. The molecule has 1 amide bonds. The third-order valence-corrected chi connectivity index (χ3v) is 2.26. The van der Waals surface area contributed by atoms with Gasteiger partial charge in [-0.2, -0.15) is 8.78 Å². The van der Waals surface area contributed by atoms with Gasteiger partial charge < -0.3 is 15.2 Å². The topological polar surface area (TPSA) is 75.6 Å². The minimum absolute atomic E-state index is 0.0318. The number of nitrogens with one attached hydrogen (secondary N) is 1. The molecular weight excluding hydrogens is 260 g/mol. The summed E-state index contributed by atoms with van der Waals surface area (Å²) in [6, 6.07) is 4.73. The Morgan fingerprint density at radius 3 is 2.32 bits per heavy atom. The van der Waals surface area contributed by atoms with E-state index in [9.17, 15) is 18.4 Å². The van der Waals surface area contributed by atoms with Crippen molar-refractivity contribution in [2.24, 2.45) is 0 Å². The van der Waals surface area contributed by atoms with Crippen molar-refractivity contribution in [1.29, 1.82) is 0 Å². The van der Waals surface area contributed by atoms with Crippen molar-refractivity contribution >= 4 is 11.9 Å². The molecule has 0 radical (unpaired) electrons. The van der Waals surface area contributed by atoms with Crippen molar-refractivity contribution in [3.8, 4) is 5.75 Å². The van der Waals surface area contributed by atoms with Crippen LogP contribution in [0.2, 0.25) is 0 Å². The number of halogens is 2. The SMILES string of the molecule is CC(=O)N[C@H](CC(=O)O)c1ccc(OC(F)F)cc1. The standard InChI is InChI=1S/C12H13F2NO4/c1-7(16)15-10(6-11(17)18)8-2-4-9(5-3-8)19-12(13)14/h2-5,10,12H,6H2,1H3,(H,15,16)(H,17,18)/t10-/m1/s1. The summed E-state index contributed by atoms with van der Waals surface area (Å²) in [6.07, 6.45) is -0.297. The van der Waals surface area contributed by atoms with Crippen molar-refractivity contribution in [3.63, 3.8) is 0 Å². The monoisotopic (exact) mass is 273 g/mol. The Morgan fingerprint density at radius 2 is 1.89 bits per heavy atom. The van der Waals surface area contributed by atoms with Gasteiger partial charge in [-0.05, 0) is 17.7 Å². The third kappa shape index (κ3) is 5.33. The Bertz CT molecular complexity index is 432. The van der Waals surface area contributed by atoms with Crippen LogP contribution in [-0.2, 0) is 9.59 Å². The van der Waals surface area contributed by atoms with Crippen LogP contribution in [0.4, 0.5) is 8.78 Å². The lowest BCUT2D eigenvalue weighted by atomic mass is 10.0. The van der Waals surface area contributed by atoms with Gasteiger partial charge in [-0.15, -0.1) is 0 Å². The van der Waals surface area contributed by atoms with Crippen LogP contribution < -0.4 is 10.1 Å². The number of hydrogen-bond donors (Lipinski definition) is 2. The highest BCUT2D eigenvalue weighted by molar-refractivity contribution is 5.75. The molecule has 0 bridgehead atoms. The molecule has 2 N–H and O–H groups in total. The van der Waals surface area contributed by atoms with Crippen LogP contribution in [-0.4, -0.2) is 23.6 Å². The second kappa shape index (κ2) is 6.67. The molecule has 0 aromatic heterocycles. The minimum Gasteiger partial charge on any atom is -0.481 e. The van der Waals surface area contributed by atoms with Gasteiger partial charge in [0.2, 0.25) is 5.91 Å². The summed E-state index contributed by atoms with van der Waals surface area (Å²) in [5.41, 5.74) is 0.499. The van der Waals surface area contributed by atoms with Gasteiger partial charge >= 0.3 is 12.6 Å². The second-order valence-corrected chi connectivity index (χ2v) is 3.80. The fourth-order valence-electron chi connectivity index (χ4n) is 1.55. The molecule has 104 valence electrons. The van der Waals surface area contributed by atoms with E-state index < -0.39 is 18.6 Å². The molecule has 0 fully saturated rings. The minimum atomic E-state index is -2.92. The molecule has 1 rings (SSSR count). The zero-order valence-electron chi connectivity index (χ0n) is 10.1. The van der Waals surface area contributed by atoms with Crippen molar-refractivity contribution in [2.45, 2.75) is 26.0 Å². The number of carboxylic acids is 1. The number of carbonyl (C=O) groups excluding carboxylic acids is 1. The number of rotatable bonds is 6. The molecule has 0 saturated carbocycles. The van der Waals surface area contributed by atoms with Gasteiger partial charge in [-0.3, -0.25) is 9.59 Å². The van der Waals surface area contributed by atoms with Crippen molar-refractivity contribution < 1.29 is 28.2 Å². The van der Waals surface area contributed by atoms with Gasteiger partial charge in [-0.1, -0.05) is 12.1 Å². The van der Waals surface area contributed by atoms with Gasteiger partial charge in [0.15, 0.2) is 0 Å². The molecule has 0 aliphatic heterocycles. The first kappa shape index (κ1) is 14.9. The summed E-state index contributed by atoms with van der Waals surface area (Å²) < 4.78 is 28.1. The second-order valence-electron chi connectivity index (χ2n) is 3.80. The smallest absolute Gasteiger partial charge is 0.387 e. The lowest BCUT2D eigenvalue weighted by molar-refractivity contribution is -0.137. The highest BCUT2D eigenvalue weighted by Gasteiger charge is 2.16. The number of ether oxygens (including phenoxy) is 1. The number of alkyl halides is 2. The normalized spacial score (nSPS) is 12.0. The summed E-state index contributed by atoms with van der Waals surface area (Å²) in [4.78, 5) is 21.7. The van der Waals surface area contributed by atoms with E-state index in [0.717, 1.165) is 0 Å². The molecule has 0 aliphatic rings. The number of hydrogen-bond acceptors (Lipinski definition) is 3. The van der Waals surface area contributed by atoms with E-state index in [1.54, 1.807) is 0 Å². The van der Waals surface area contributed by atoms with E-state index in [1.165, 1.54) is 31.2 Å². The number of aliphatic carboxylic acids is 1. The van der Waals surface area contributed by atoms with E-state index in [0.29, 0.717) is 5.56 Å². The van der Waals surface area contributed by atoms with Gasteiger partial charge in [-0.25, -0.2) is 0 Å². The van der Waals surface area contributed by atoms with E-state index >= 15 is 0 Å². The molecule has 0 heterocycles. The van der Waals surface area contributed by atoms with Crippen LogP contribution >= 0.6 is 0 Å². The summed E-state index contributed by atoms with van der Waals surface area (Å²) in [7, 11) is 0. The zero-order valence-corrected chi connectivity index (χ0v) is 10.1. The van der Waals surface area contributed by atoms with Crippen LogP contribution in [0.15, 0.2) is 24.3 Å². The summed E-state index contributed by atoms with van der Waals surface area (Å²) in [6.45, 7) is -1.65. The number of amides is 1. The van der Waals surface area contributed by atoms with E-state index in [-0.39, 0.29) is 18.1 Å². The van der Waals surface area contributed by atoms with Crippen LogP contribution in [0, 0.1) is 0 Å². The molecular formula is C12H13F2NO4. The van der Waals surface area contributed by atoms with E-state index in [4.69, 9.17) is 5.11 Å². The summed E-state index contributed by atoms with van der Waals surface area (Å²) >= 11 is 0. The van der Waals surface area contributed by atoms with Gasteiger partial charge in [0.25, 0.3) is 0 Å². The fourth-order valence-corrected chi connectivity index (χ4v) is 1.55. The van der Waals surface area contributed by atoms with Crippen molar-refractivity contribution in [2.75, 3.05) is 0 Å². The maximum Gasteiger partial charge on any atom is 0.387 e. The molecule has 0 unspecified atom stereocenters. The first-order valence-corrected chi connectivity index (χ1v) is 5.42. The largest absolute Gasteiger partial charge is 0.481 e. The van der Waals surface area contributed by atoms with Gasteiger partial charge in [0.05, 0.1) is 12.5 Å². The lowest BCUT2D eigenvalue weighted by Gasteiger charge is -2.16. The molecule has 7 heteroatoms. The molecule has 19 heavy (non-hydrogen) atoms. The Balaban J connectivity index is 2.83. The van der Waals surface area contributed by atoms with Crippen molar-refractivity contribution in [1.82, 2.24) is 5.32 Å². The van der Waals surface area contributed by atoms with Gasteiger partial charge in [0, 0.05) is 6.92 Å². The van der Waals surface area contributed by atoms with Crippen LogP contribution in [0.3, 0.4) is 0 Å². The van der Waals surface area contributed by atoms with Crippen LogP contribution in [0.1, 0.15) is 24.9 Å². The third-order valence-electron chi connectivity index (χ3n) is 2.26. The Labute approximate surface area is 108 Å². The Morgan fingerprint density at radius 1 is 1.32 bits per heavy atom. The average molecular weight is 273 g/mol. The quantitative estimate of drug-likeness (QED) is 0.830. The molecule has 0 aliphatic carbocycles. The number of benzene rings is 1. The maximum absolute atomic E-state index is 12.0. The molecule has 1 aromatic rings. The molecule has 0 spiro atoms. The first-order valence-electron chi connectivity index (χ1n) is 5.42. The molecule has 1 aromatic carbocycles. The summed E-state index contributed by atoms with van der Waals surface area (Å²) in [5, 5.41) is 11.2. The molecule has 1 atom stereocenters. The van der Waals surface area contributed by atoms with E-state index in [1.807, 2.05) is 0 Å². The summed E-state index contributed by atoms with van der Waals surface area (Å²) in [5.74, 6) is -1.48. The Hall–Kier alpha value is -2.18. The van der Waals surface area contributed by atoms with Crippen LogP contribution in [0.5, 0.6) is 5.75 Å². The Kier molecular flexibility index (Phi) is 5.23. The predicted molar refractivity (Wildman–Crippen MR) is 61.9 cm³/mol. The number of carbonyl (C=O) groups is 2. The molecule has 5 nitrogen and oxygen atoms in total.